The molecule has 1 unspecified atom stereocenters. The number of methoxy groups -OCH3 is 3. The molecule has 0 aliphatic heterocycles. The lowest BCUT2D eigenvalue weighted by Crippen LogP contribution is -2.11. The highest BCUT2D eigenvalue weighted by Crippen LogP contribution is 2.33. The van der Waals surface area contributed by atoms with Gasteiger partial charge in [-0.05, 0) is 42.3 Å². The summed E-state index contributed by atoms with van der Waals surface area (Å²) in [6, 6.07) is 11.0. The maximum atomic E-state index is 9.80. The number of phenols is 1. The van der Waals surface area contributed by atoms with Crippen LogP contribution in [0.25, 0.3) is 11.3 Å². The average Bonchev–Trinajstić information content (AvgIpc) is 2.77. The highest BCUT2D eigenvalue weighted by molar-refractivity contribution is 5.64. The molecule has 7 heteroatoms. The second kappa shape index (κ2) is 9.14. The molecule has 3 rings (SSSR count). The van der Waals surface area contributed by atoms with Crippen molar-refractivity contribution in [3.05, 3.63) is 54.4 Å². The van der Waals surface area contributed by atoms with Gasteiger partial charge in [-0.2, -0.15) is 0 Å². The zero-order chi connectivity index (χ0) is 20.8. The number of anilines is 1. The minimum atomic E-state index is 0.0220. The van der Waals surface area contributed by atoms with Crippen molar-refractivity contribution in [2.45, 2.75) is 19.4 Å². The number of benzene rings is 2. The smallest absolute Gasteiger partial charge is 0.161 e. The molecule has 152 valence electrons. The Morgan fingerprint density at radius 3 is 2.38 bits per heavy atom. The summed E-state index contributed by atoms with van der Waals surface area (Å²) in [5, 5.41) is 13.2. The van der Waals surface area contributed by atoms with Crippen LogP contribution < -0.4 is 19.5 Å². The Labute approximate surface area is 170 Å². The van der Waals surface area contributed by atoms with E-state index in [0.29, 0.717) is 28.8 Å². The molecule has 1 heterocycles. The van der Waals surface area contributed by atoms with Crippen molar-refractivity contribution >= 4 is 5.82 Å². The zero-order valence-electron chi connectivity index (χ0n) is 17.0. The van der Waals surface area contributed by atoms with E-state index >= 15 is 0 Å². The first-order valence-electron chi connectivity index (χ1n) is 9.27. The van der Waals surface area contributed by atoms with E-state index in [-0.39, 0.29) is 11.8 Å². The van der Waals surface area contributed by atoms with Gasteiger partial charge >= 0.3 is 0 Å². The largest absolute Gasteiger partial charge is 0.504 e. The maximum absolute atomic E-state index is 9.80. The summed E-state index contributed by atoms with van der Waals surface area (Å²) < 4.78 is 15.9. The number of hydrogen-bond donors (Lipinski definition) is 2. The van der Waals surface area contributed by atoms with E-state index in [1.807, 2.05) is 18.2 Å². The maximum Gasteiger partial charge on any atom is 0.161 e. The van der Waals surface area contributed by atoms with E-state index < -0.39 is 0 Å². The fourth-order valence-corrected chi connectivity index (χ4v) is 3.08. The molecule has 2 aromatic carbocycles. The molecular formula is C22H25N3O4. The summed E-state index contributed by atoms with van der Waals surface area (Å²) in [4.78, 5) is 8.98. The fourth-order valence-electron chi connectivity index (χ4n) is 3.08. The number of rotatable bonds is 8. The molecule has 0 spiro atoms. The predicted molar refractivity (Wildman–Crippen MR) is 112 cm³/mol. The van der Waals surface area contributed by atoms with Gasteiger partial charge in [0.1, 0.15) is 5.82 Å². The zero-order valence-corrected chi connectivity index (χ0v) is 17.0. The Morgan fingerprint density at radius 2 is 1.69 bits per heavy atom. The molecular weight excluding hydrogens is 370 g/mol. The second-order valence-electron chi connectivity index (χ2n) is 6.40. The quantitative estimate of drug-likeness (QED) is 0.583. The Hall–Kier alpha value is -3.48. The molecule has 1 aromatic heterocycles. The molecule has 0 amide bonds. The molecule has 0 aliphatic rings. The Morgan fingerprint density at radius 1 is 0.931 bits per heavy atom. The molecule has 1 atom stereocenters. The van der Waals surface area contributed by atoms with Crippen LogP contribution in [-0.4, -0.2) is 36.4 Å². The van der Waals surface area contributed by atoms with Crippen LogP contribution in [0.2, 0.25) is 0 Å². The van der Waals surface area contributed by atoms with Crippen molar-refractivity contribution < 1.29 is 19.3 Å². The topological polar surface area (TPSA) is 85.7 Å². The van der Waals surface area contributed by atoms with Crippen LogP contribution >= 0.6 is 0 Å². The van der Waals surface area contributed by atoms with E-state index in [2.05, 4.69) is 22.2 Å². The summed E-state index contributed by atoms with van der Waals surface area (Å²) in [7, 11) is 4.75. The standard InChI is InChI=1S/C22H25N3O4/c1-5-16(14-7-9-19(27-2)21(11-14)29-4)24-22-13-23-12-17(25-22)15-6-8-18(26)20(10-15)28-3/h6-13,16,26H,5H2,1-4H3,(H,24,25). The molecule has 0 radical (unpaired) electrons. The van der Waals surface area contributed by atoms with Gasteiger partial charge < -0.3 is 24.6 Å². The van der Waals surface area contributed by atoms with Gasteiger partial charge in [-0.3, -0.25) is 4.98 Å². The van der Waals surface area contributed by atoms with Crippen molar-refractivity contribution in [3.63, 3.8) is 0 Å². The summed E-state index contributed by atoms with van der Waals surface area (Å²) in [6.07, 6.45) is 4.20. The SMILES string of the molecule is CCC(Nc1cncc(-c2ccc(O)c(OC)c2)n1)c1ccc(OC)c(OC)c1. The van der Waals surface area contributed by atoms with Gasteiger partial charge in [0.05, 0.1) is 45.5 Å². The van der Waals surface area contributed by atoms with E-state index in [1.54, 1.807) is 44.8 Å². The molecule has 0 saturated heterocycles. The monoisotopic (exact) mass is 395 g/mol. The third-order valence-electron chi connectivity index (χ3n) is 4.65. The normalized spacial score (nSPS) is 11.6. The van der Waals surface area contributed by atoms with Gasteiger partial charge in [0.15, 0.2) is 23.0 Å². The number of nitrogens with one attached hydrogen (secondary N) is 1. The van der Waals surface area contributed by atoms with Gasteiger partial charge in [0.2, 0.25) is 0 Å². The highest BCUT2D eigenvalue weighted by Gasteiger charge is 2.14. The summed E-state index contributed by atoms with van der Waals surface area (Å²) >= 11 is 0. The summed E-state index contributed by atoms with van der Waals surface area (Å²) in [5.41, 5.74) is 2.54. The lowest BCUT2D eigenvalue weighted by Gasteiger charge is -2.20. The molecule has 0 bridgehead atoms. The molecule has 0 fully saturated rings. The highest BCUT2D eigenvalue weighted by atomic mass is 16.5. The first-order valence-corrected chi connectivity index (χ1v) is 9.27. The Bertz CT molecular complexity index is 978. The first-order chi connectivity index (χ1) is 14.1. The van der Waals surface area contributed by atoms with Gasteiger partial charge in [0.25, 0.3) is 0 Å². The van der Waals surface area contributed by atoms with Crippen molar-refractivity contribution in [2.24, 2.45) is 0 Å². The number of nitrogens with zero attached hydrogens (tertiary/aromatic N) is 2. The number of ether oxygens (including phenoxy) is 3. The van der Waals surface area contributed by atoms with Crippen molar-refractivity contribution in [1.82, 2.24) is 9.97 Å². The number of phenolic OH excluding ortho intramolecular Hbond substituents is 1. The van der Waals surface area contributed by atoms with Crippen LogP contribution in [0.3, 0.4) is 0 Å². The van der Waals surface area contributed by atoms with Crippen LogP contribution in [0.5, 0.6) is 23.0 Å². The summed E-state index contributed by atoms with van der Waals surface area (Å²) in [5.74, 6) is 2.49. The van der Waals surface area contributed by atoms with Crippen LogP contribution in [0, 0.1) is 0 Å². The van der Waals surface area contributed by atoms with E-state index in [0.717, 1.165) is 17.5 Å². The van der Waals surface area contributed by atoms with Gasteiger partial charge in [-0.15, -0.1) is 0 Å². The number of aromatic nitrogens is 2. The second-order valence-corrected chi connectivity index (χ2v) is 6.40. The van der Waals surface area contributed by atoms with Crippen molar-refractivity contribution in [2.75, 3.05) is 26.6 Å². The van der Waals surface area contributed by atoms with Gasteiger partial charge in [-0.25, -0.2) is 4.98 Å². The van der Waals surface area contributed by atoms with E-state index in [9.17, 15) is 5.11 Å². The molecule has 3 aromatic rings. The van der Waals surface area contributed by atoms with Crippen molar-refractivity contribution in [1.29, 1.82) is 0 Å². The minimum Gasteiger partial charge on any atom is -0.504 e. The van der Waals surface area contributed by atoms with Gasteiger partial charge in [0, 0.05) is 5.56 Å². The average molecular weight is 395 g/mol. The Balaban J connectivity index is 1.87. The number of aromatic hydroxyl groups is 1. The lowest BCUT2D eigenvalue weighted by atomic mass is 10.0. The fraction of sp³-hybridized carbons (Fsp3) is 0.273. The third kappa shape index (κ3) is 4.51. The number of hydrogen-bond acceptors (Lipinski definition) is 7. The first kappa shape index (κ1) is 20.3. The molecule has 29 heavy (non-hydrogen) atoms. The van der Waals surface area contributed by atoms with E-state index in [4.69, 9.17) is 14.2 Å². The molecule has 0 aliphatic carbocycles. The summed E-state index contributed by atoms with van der Waals surface area (Å²) in [6.45, 7) is 2.09. The third-order valence-corrected chi connectivity index (χ3v) is 4.65. The molecule has 0 saturated carbocycles. The van der Waals surface area contributed by atoms with Crippen LogP contribution in [0.15, 0.2) is 48.8 Å². The Kier molecular flexibility index (Phi) is 6.39. The molecule has 7 nitrogen and oxygen atoms in total. The van der Waals surface area contributed by atoms with Gasteiger partial charge in [-0.1, -0.05) is 13.0 Å². The van der Waals surface area contributed by atoms with Crippen LogP contribution in [0.4, 0.5) is 5.82 Å². The predicted octanol–water partition coefficient (Wildman–Crippen LogP) is 4.44. The minimum absolute atomic E-state index is 0.0220. The van der Waals surface area contributed by atoms with Crippen LogP contribution in [-0.2, 0) is 0 Å². The van der Waals surface area contributed by atoms with Crippen molar-refractivity contribution in [3.8, 4) is 34.3 Å². The van der Waals surface area contributed by atoms with E-state index in [1.165, 1.54) is 7.11 Å². The lowest BCUT2D eigenvalue weighted by molar-refractivity contribution is 0.354. The molecule has 2 N–H and O–H groups in total. The van der Waals surface area contributed by atoms with Crippen LogP contribution in [0.1, 0.15) is 24.9 Å².